The smallest absolute Gasteiger partial charge is 0.435 e. The third-order valence-electron chi connectivity index (χ3n) is 4.77. The zero-order chi connectivity index (χ0) is 23.3. The van der Waals surface area contributed by atoms with Crippen molar-refractivity contribution in [3.05, 3.63) is 64.3 Å². The average molecular weight is 455 g/mol. The summed E-state index contributed by atoms with van der Waals surface area (Å²) in [6.07, 6.45) is -3.55. The Morgan fingerprint density at radius 2 is 1.79 bits per heavy atom. The van der Waals surface area contributed by atoms with Gasteiger partial charge in [0.05, 0.1) is 5.56 Å². The van der Waals surface area contributed by atoms with Gasteiger partial charge in [0.15, 0.2) is 5.69 Å². The molecule has 2 N–H and O–H groups in total. The van der Waals surface area contributed by atoms with E-state index in [1.807, 2.05) is 0 Å². The topological polar surface area (TPSA) is 135 Å². The van der Waals surface area contributed by atoms with Crippen LogP contribution in [-0.2, 0) is 6.18 Å². The van der Waals surface area contributed by atoms with Gasteiger partial charge in [0.2, 0.25) is 11.7 Å². The number of aryl methyl sites for hydroxylation is 1. The number of nitrogens with one attached hydrogen (secondary N) is 1. The number of halogens is 3. The first-order chi connectivity index (χ1) is 15.7. The van der Waals surface area contributed by atoms with Crippen molar-refractivity contribution >= 4 is 5.65 Å². The standard InChI is InChI=1S/C20H12F3N7O3/c1-9-12(17-27-28-18(33-17)15-24-8-7-11(31)26-15)19(32)30-16(25-9)13(10-5-3-2-4-6-10)14(29-30)20(21,22)23/h2-8,25H,1H3,(H,24,26,31). The van der Waals surface area contributed by atoms with Crippen molar-refractivity contribution in [1.29, 1.82) is 0 Å². The van der Waals surface area contributed by atoms with Crippen LogP contribution >= 0.6 is 0 Å². The minimum absolute atomic E-state index is 0.0891. The molecular weight excluding hydrogens is 443 g/mol. The average Bonchev–Trinajstić information content (AvgIpc) is 3.40. The molecule has 0 atom stereocenters. The van der Waals surface area contributed by atoms with Gasteiger partial charge in [0.1, 0.15) is 11.2 Å². The first-order valence-corrected chi connectivity index (χ1v) is 9.38. The molecule has 10 nitrogen and oxygen atoms in total. The molecule has 0 fully saturated rings. The molecule has 0 unspecified atom stereocenters. The number of alkyl halides is 3. The van der Waals surface area contributed by atoms with Crippen molar-refractivity contribution in [3.8, 4) is 40.2 Å². The van der Waals surface area contributed by atoms with E-state index in [1.165, 1.54) is 31.3 Å². The van der Waals surface area contributed by atoms with Crippen LogP contribution in [0.25, 0.3) is 39.9 Å². The summed E-state index contributed by atoms with van der Waals surface area (Å²) in [6.45, 7) is 1.49. The van der Waals surface area contributed by atoms with Gasteiger partial charge in [-0.1, -0.05) is 30.3 Å². The lowest BCUT2D eigenvalue weighted by Crippen LogP contribution is -2.20. The second-order valence-electron chi connectivity index (χ2n) is 6.93. The lowest BCUT2D eigenvalue weighted by molar-refractivity contribution is -0.140. The van der Waals surface area contributed by atoms with E-state index in [9.17, 15) is 23.1 Å². The number of H-pyrrole nitrogens is 1. The SMILES string of the molecule is Cc1[nH]c2c(-c3ccccc3)c(C(F)(F)F)nn2c(=O)c1-c1nnc(-c2nccc(O)n2)o1. The molecule has 0 saturated carbocycles. The van der Waals surface area contributed by atoms with Gasteiger partial charge < -0.3 is 14.5 Å². The molecule has 0 spiro atoms. The van der Waals surface area contributed by atoms with E-state index in [2.05, 4.69) is 30.2 Å². The van der Waals surface area contributed by atoms with Crippen LogP contribution in [0.2, 0.25) is 0 Å². The highest BCUT2D eigenvalue weighted by Gasteiger charge is 2.39. The van der Waals surface area contributed by atoms with E-state index < -0.39 is 17.4 Å². The van der Waals surface area contributed by atoms with Crippen molar-refractivity contribution in [2.45, 2.75) is 13.1 Å². The molecule has 0 aliphatic rings. The normalized spacial score (nSPS) is 11.9. The fourth-order valence-electron chi connectivity index (χ4n) is 3.38. The summed E-state index contributed by atoms with van der Waals surface area (Å²) >= 11 is 0. The molecule has 0 radical (unpaired) electrons. The van der Waals surface area contributed by atoms with E-state index in [-0.39, 0.29) is 51.5 Å². The maximum absolute atomic E-state index is 13.8. The van der Waals surface area contributed by atoms with Gasteiger partial charge in [-0.25, -0.2) is 4.98 Å². The van der Waals surface area contributed by atoms with E-state index in [1.54, 1.807) is 18.2 Å². The van der Waals surface area contributed by atoms with Crippen LogP contribution in [0.4, 0.5) is 13.2 Å². The molecule has 33 heavy (non-hydrogen) atoms. The Morgan fingerprint density at radius 3 is 2.48 bits per heavy atom. The Hall–Kier alpha value is -4.55. The largest absolute Gasteiger partial charge is 0.493 e. The van der Waals surface area contributed by atoms with Gasteiger partial charge in [-0.05, 0) is 12.5 Å². The molecule has 0 aliphatic heterocycles. The lowest BCUT2D eigenvalue weighted by atomic mass is 10.1. The van der Waals surface area contributed by atoms with E-state index >= 15 is 0 Å². The summed E-state index contributed by atoms with van der Waals surface area (Å²) < 4.78 is 47.4. The van der Waals surface area contributed by atoms with Gasteiger partial charge in [-0.2, -0.15) is 27.8 Å². The summed E-state index contributed by atoms with van der Waals surface area (Å²) in [7, 11) is 0. The quantitative estimate of drug-likeness (QED) is 0.423. The number of rotatable bonds is 3. The molecule has 4 heterocycles. The predicted molar refractivity (Wildman–Crippen MR) is 107 cm³/mol. The van der Waals surface area contributed by atoms with Crippen LogP contribution in [0.1, 0.15) is 11.4 Å². The molecule has 0 aliphatic carbocycles. The Balaban J connectivity index is 1.73. The maximum atomic E-state index is 13.8. The molecule has 5 aromatic rings. The van der Waals surface area contributed by atoms with Crippen molar-refractivity contribution in [1.82, 2.24) is 34.8 Å². The van der Waals surface area contributed by atoms with Crippen LogP contribution in [-0.4, -0.2) is 39.9 Å². The van der Waals surface area contributed by atoms with Crippen molar-refractivity contribution in [2.75, 3.05) is 0 Å². The van der Waals surface area contributed by atoms with Crippen LogP contribution in [0.3, 0.4) is 0 Å². The van der Waals surface area contributed by atoms with E-state index in [0.29, 0.717) is 4.52 Å². The van der Waals surface area contributed by atoms with Crippen molar-refractivity contribution < 1.29 is 22.7 Å². The summed E-state index contributed by atoms with van der Waals surface area (Å²) in [5.41, 5.74) is -2.23. The fraction of sp³-hybridized carbons (Fsp3) is 0.100. The molecule has 4 aromatic heterocycles. The zero-order valence-electron chi connectivity index (χ0n) is 16.6. The third-order valence-corrected chi connectivity index (χ3v) is 4.77. The van der Waals surface area contributed by atoms with Crippen molar-refractivity contribution in [3.63, 3.8) is 0 Å². The maximum Gasteiger partial charge on any atom is 0.435 e. The first kappa shape index (κ1) is 20.4. The van der Waals surface area contributed by atoms with Gasteiger partial charge >= 0.3 is 6.18 Å². The van der Waals surface area contributed by atoms with Crippen LogP contribution in [0.5, 0.6) is 5.88 Å². The highest BCUT2D eigenvalue weighted by Crippen LogP contribution is 2.38. The van der Waals surface area contributed by atoms with Gasteiger partial charge in [0, 0.05) is 18.0 Å². The fourth-order valence-corrected chi connectivity index (χ4v) is 3.38. The minimum atomic E-state index is -4.81. The minimum Gasteiger partial charge on any atom is -0.493 e. The summed E-state index contributed by atoms with van der Waals surface area (Å²) in [6, 6.07) is 9.06. The number of fused-ring (bicyclic) bond motifs is 1. The second-order valence-corrected chi connectivity index (χ2v) is 6.93. The molecule has 0 amide bonds. The monoisotopic (exact) mass is 455 g/mol. The lowest BCUT2D eigenvalue weighted by Gasteiger charge is -2.07. The Bertz CT molecular complexity index is 1560. The summed E-state index contributed by atoms with van der Waals surface area (Å²) in [5.74, 6) is -0.891. The van der Waals surface area contributed by atoms with Crippen LogP contribution < -0.4 is 5.56 Å². The first-order valence-electron chi connectivity index (χ1n) is 9.38. The highest BCUT2D eigenvalue weighted by molar-refractivity contribution is 5.81. The molecule has 166 valence electrons. The number of hydrogen-bond acceptors (Lipinski definition) is 8. The Kier molecular flexibility index (Phi) is 4.48. The zero-order valence-corrected chi connectivity index (χ0v) is 16.6. The van der Waals surface area contributed by atoms with Gasteiger partial charge in [-0.15, -0.1) is 10.2 Å². The molecule has 0 bridgehead atoms. The number of nitrogens with zero attached hydrogens (tertiary/aromatic N) is 6. The summed E-state index contributed by atoms with van der Waals surface area (Å²) in [4.78, 5) is 23.6. The number of hydrogen-bond donors (Lipinski definition) is 2. The van der Waals surface area contributed by atoms with Crippen LogP contribution in [0, 0.1) is 6.92 Å². The molecule has 1 aromatic carbocycles. The van der Waals surface area contributed by atoms with E-state index in [0.717, 1.165) is 0 Å². The molecule has 5 rings (SSSR count). The number of aromatic amines is 1. The summed E-state index contributed by atoms with van der Waals surface area (Å²) in [5, 5.41) is 20.6. The van der Waals surface area contributed by atoms with Gasteiger partial charge in [0.25, 0.3) is 17.3 Å². The Morgan fingerprint density at radius 1 is 1.06 bits per heavy atom. The Labute approximate surface area is 181 Å². The number of benzene rings is 1. The third kappa shape index (κ3) is 3.39. The van der Waals surface area contributed by atoms with Crippen LogP contribution in [0.15, 0.2) is 51.8 Å². The molecule has 13 heteroatoms. The second kappa shape index (κ2) is 7.25. The van der Waals surface area contributed by atoms with Gasteiger partial charge in [-0.3, -0.25) is 4.79 Å². The molecule has 0 saturated heterocycles. The number of aromatic nitrogens is 7. The highest BCUT2D eigenvalue weighted by atomic mass is 19.4. The molecular formula is C20H12F3N7O3. The predicted octanol–water partition coefficient (Wildman–Crippen LogP) is 3.23. The number of aromatic hydroxyl groups is 1. The van der Waals surface area contributed by atoms with Crippen molar-refractivity contribution in [2.24, 2.45) is 0 Å². The van der Waals surface area contributed by atoms with E-state index in [4.69, 9.17) is 4.42 Å².